The summed E-state index contributed by atoms with van der Waals surface area (Å²) in [7, 11) is 0. The molecule has 2 aromatic carbocycles. The van der Waals surface area contributed by atoms with E-state index in [-0.39, 0.29) is 11.5 Å². The van der Waals surface area contributed by atoms with Crippen molar-refractivity contribution in [3.8, 4) is 11.1 Å². The second-order valence-electron chi connectivity index (χ2n) is 6.12. The van der Waals surface area contributed by atoms with Crippen LogP contribution >= 0.6 is 0 Å². The smallest absolute Gasteiger partial charge is 0.269 e. The number of alkyl halides is 2. The Hall–Kier alpha value is -2.06. The molecule has 140 valence electrons. The van der Waals surface area contributed by atoms with Gasteiger partial charge in [-0.3, -0.25) is 0 Å². The van der Waals surface area contributed by atoms with E-state index in [0.29, 0.717) is 25.3 Å². The van der Waals surface area contributed by atoms with Crippen molar-refractivity contribution in [1.29, 1.82) is 0 Å². The molecule has 0 saturated carbocycles. The molecule has 3 rings (SSSR count). The molecule has 1 aliphatic heterocycles. The molecule has 2 aromatic rings. The maximum Gasteiger partial charge on any atom is 0.269 e. The molecule has 0 atom stereocenters. The highest BCUT2D eigenvalue weighted by Gasteiger charge is 2.26. The van der Waals surface area contributed by atoms with Gasteiger partial charge in [0.1, 0.15) is 23.3 Å². The maximum atomic E-state index is 14.4. The lowest BCUT2D eigenvalue weighted by atomic mass is 9.99. The highest BCUT2D eigenvalue weighted by atomic mass is 19.3. The van der Waals surface area contributed by atoms with Crippen molar-refractivity contribution >= 4 is 0 Å². The Morgan fingerprint density at radius 3 is 1.81 bits per heavy atom. The number of hydrogen-bond acceptors (Lipinski definition) is 2. The maximum absolute atomic E-state index is 14.4. The van der Waals surface area contributed by atoms with Gasteiger partial charge in [0, 0.05) is 11.5 Å². The molecule has 0 amide bonds. The number of ether oxygens (including phenoxy) is 2. The van der Waals surface area contributed by atoms with E-state index in [0.717, 1.165) is 12.1 Å². The van der Waals surface area contributed by atoms with Crippen LogP contribution in [0.4, 0.5) is 26.3 Å². The molecule has 1 saturated heterocycles. The van der Waals surface area contributed by atoms with Gasteiger partial charge < -0.3 is 9.47 Å². The molecule has 0 aromatic heterocycles. The van der Waals surface area contributed by atoms with Crippen LogP contribution in [-0.2, 0) is 9.47 Å². The van der Waals surface area contributed by atoms with Crippen molar-refractivity contribution < 1.29 is 35.8 Å². The van der Waals surface area contributed by atoms with Gasteiger partial charge in [-0.25, -0.2) is 26.3 Å². The molecule has 0 bridgehead atoms. The van der Waals surface area contributed by atoms with Crippen LogP contribution in [-0.4, -0.2) is 13.2 Å². The Balaban J connectivity index is 1.99. The van der Waals surface area contributed by atoms with Gasteiger partial charge in [-0.15, -0.1) is 0 Å². The van der Waals surface area contributed by atoms with Crippen molar-refractivity contribution in [1.82, 2.24) is 0 Å². The fourth-order valence-electron chi connectivity index (χ4n) is 2.73. The van der Waals surface area contributed by atoms with E-state index in [1.807, 2.05) is 6.92 Å². The van der Waals surface area contributed by atoms with Crippen molar-refractivity contribution in [2.24, 2.45) is 5.92 Å². The Bertz CT molecular complexity index is 769. The fraction of sp³-hybridized carbons (Fsp3) is 0.333. The zero-order valence-electron chi connectivity index (χ0n) is 13.5. The van der Waals surface area contributed by atoms with Gasteiger partial charge >= 0.3 is 0 Å². The average molecular weight is 376 g/mol. The minimum Gasteiger partial charge on any atom is -0.348 e. The monoisotopic (exact) mass is 376 g/mol. The Morgan fingerprint density at radius 2 is 1.35 bits per heavy atom. The van der Waals surface area contributed by atoms with Gasteiger partial charge in [0.05, 0.1) is 24.3 Å². The second-order valence-corrected chi connectivity index (χ2v) is 6.12. The third kappa shape index (κ3) is 3.57. The zero-order chi connectivity index (χ0) is 19.0. The van der Waals surface area contributed by atoms with Gasteiger partial charge in [0.25, 0.3) is 6.43 Å². The topological polar surface area (TPSA) is 18.5 Å². The number of hydrogen-bond donors (Lipinski definition) is 0. The summed E-state index contributed by atoms with van der Waals surface area (Å²) in [5.74, 6) is -5.25. The van der Waals surface area contributed by atoms with Crippen LogP contribution in [0.1, 0.15) is 30.8 Å². The molecule has 1 fully saturated rings. The molecule has 26 heavy (non-hydrogen) atoms. The molecule has 1 heterocycles. The van der Waals surface area contributed by atoms with E-state index in [1.54, 1.807) is 0 Å². The SMILES string of the molecule is CC1COC(c2cc(F)c(-c3cc(F)c(C(F)F)c(F)c3)c(F)c2)OC1. The van der Waals surface area contributed by atoms with Crippen LogP contribution in [0.15, 0.2) is 24.3 Å². The molecule has 0 radical (unpaired) electrons. The summed E-state index contributed by atoms with van der Waals surface area (Å²) < 4.78 is 92.2. The van der Waals surface area contributed by atoms with Gasteiger partial charge in [-0.2, -0.15) is 0 Å². The van der Waals surface area contributed by atoms with E-state index in [2.05, 4.69) is 0 Å². The van der Waals surface area contributed by atoms with E-state index < -0.39 is 52.7 Å². The number of benzene rings is 2. The van der Waals surface area contributed by atoms with Crippen molar-refractivity contribution in [3.05, 3.63) is 58.7 Å². The third-order valence-corrected chi connectivity index (χ3v) is 3.99. The van der Waals surface area contributed by atoms with Crippen molar-refractivity contribution in [2.75, 3.05) is 13.2 Å². The minimum absolute atomic E-state index is 0.0702. The molecule has 2 nitrogen and oxygen atoms in total. The summed E-state index contributed by atoms with van der Waals surface area (Å²) in [6, 6.07) is 2.80. The Labute approximate surface area is 145 Å². The highest BCUT2D eigenvalue weighted by molar-refractivity contribution is 5.66. The van der Waals surface area contributed by atoms with Crippen LogP contribution in [0.2, 0.25) is 0 Å². The molecule has 0 unspecified atom stereocenters. The van der Waals surface area contributed by atoms with Gasteiger partial charge in [0.15, 0.2) is 6.29 Å². The number of halogens is 6. The molecule has 1 aliphatic rings. The summed E-state index contributed by atoms with van der Waals surface area (Å²) in [4.78, 5) is 0. The number of rotatable bonds is 3. The third-order valence-electron chi connectivity index (χ3n) is 3.99. The average Bonchev–Trinajstić information content (AvgIpc) is 2.53. The van der Waals surface area contributed by atoms with Crippen molar-refractivity contribution in [2.45, 2.75) is 19.6 Å². The highest BCUT2D eigenvalue weighted by Crippen LogP contribution is 2.35. The van der Waals surface area contributed by atoms with E-state index in [9.17, 15) is 26.3 Å². The molecule has 8 heteroatoms. The van der Waals surface area contributed by atoms with Crippen LogP contribution in [0.25, 0.3) is 11.1 Å². The molecular formula is C18H14F6O2. The van der Waals surface area contributed by atoms with E-state index in [4.69, 9.17) is 9.47 Å². The Morgan fingerprint density at radius 1 is 0.846 bits per heavy atom. The predicted octanol–water partition coefficient (Wildman–Crippen LogP) is 5.53. The lowest BCUT2D eigenvalue weighted by Gasteiger charge is -2.27. The summed E-state index contributed by atoms with van der Waals surface area (Å²) in [6.45, 7) is 2.58. The van der Waals surface area contributed by atoms with Crippen LogP contribution in [0, 0.1) is 29.2 Å². The minimum atomic E-state index is -3.39. The lowest BCUT2D eigenvalue weighted by molar-refractivity contribution is -0.202. The summed E-state index contributed by atoms with van der Waals surface area (Å²) in [5.41, 5.74) is -2.62. The van der Waals surface area contributed by atoms with Crippen LogP contribution < -0.4 is 0 Å². The molecule has 0 spiro atoms. The van der Waals surface area contributed by atoms with Crippen LogP contribution in [0.3, 0.4) is 0 Å². The fourth-order valence-corrected chi connectivity index (χ4v) is 2.73. The van der Waals surface area contributed by atoms with E-state index in [1.165, 1.54) is 0 Å². The van der Waals surface area contributed by atoms with Gasteiger partial charge in [-0.1, -0.05) is 6.92 Å². The Kier molecular flexibility index (Phi) is 5.24. The molecular weight excluding hydrogens is 362 g/mol. The standard InChI is InChI=1S/C18H14F6O2/c1-8-6-25-18(26-7-8)10-4-11(19)15(12(20)5-10)9-2-13(21)16(17(23)24)14(22)3-9/h2-5,8,17-18H,6-7H2,1H3. The molecule has 0 aliphatic carbocycles. The first kappa shape index (κ1) is 18.7. The van der Waals surface area contributed by atoms with Gasteiger partial charge in [-0.05, 0) is 29.8 Å². The predicted molar refractivity (Wildman–Crippen MR) is 80.5 cm³/mol. The summed E-state index contributed by atoms with van der Waals surface area (Å²) in [5, 5.41) is 0. The van der Waals surface area contributed by atoms with Crippen molar-refractivity contribution in [3.63, 3.8) is 0 Å². The first-order chi connectivity index (χ1) is 12.3. The van der Waals surface area contributed by atoms with Gasteiger partial charge in [0.2, 0.25) is 0 Å². The zero-order valence-corrected chi connectivity index (χ0v) is 13.5. The largest absolute Gasteiger partial charge is 0.348 e. The van der Waals surface area contributed by atoms with Crippen LogP contribution in [0.5, 0.6) is 0 Å². The lowest BCUT2D eigenvalue weighted by Crippen LogP contribution is -2.25. The first-order valence-electron chi connectivity index (χ1n) is 7.77. The summed E-state index contributed by atoms with van der Waals surface area (Å²) in [6.07, 6.45) is -4.34. The normalized spacial score (nSPS) is 20.6. The van der Waals surface area contributed by atoms with E-state index >= 15 is 0 Å². The first-order valence-corrected chi connectivity index (χ1v) is 7.77. The summed E-state index contributed by atoms with van der Waals surface area (Å²) >= 11 is 0. The molecule has 0 N–H and O–H groups in total. The second kappa shape index (κ2) is 7.28. The quantitative estimate of drug-likeness (QED) is 0.656.